The van der Waals surface area contributed by atoms with E-state index in [0.717, 1.165) is 24.8 Å². The average Bonchev–Trinajstić information content (AvgIpc) is 2.34. The summed E-state index contributed by atoms with van der Waals surface area (Å²) in [6.45, 7) is 1.87. The molecule has 0 spiro atoms. The van der Waals surface area contributed by atoms with Gasteiger partial charge in [0.25, 0.3) is 5.56 Å². The van der Waals surface area contributed by atoms with E-state index < -0.39 is 11.2 Å². The van der Waals surface area contributed by atoms with Gasteiger partial charge in [0, 0.05) is 6.04 Å². The zero-order valence-electron chi connectivity index (χ0n) is 11.2. The van der Waals surface area contributed by atoms with Gasteiger partial charge in [0.1, 0.15) is 5.56 Å². The van der Waals surface area contributed by atoms with Crippen molar-refractivity contribution in [1.82, 2.24) is 9.55 Å². The number of aromatic nitrogens is 2. The highest BCUT2D eigenvalue weighted by Gasteiger charge is 2.26. The monoisotopic (exact) mass is 272 g/mol. The second-order valence-electron chi connectivity index (χ2n) is 5.23. The van der Waals surface area contributed by atoms with Crippen LogP contribution in [0.2, 0.25) is 0 Å². The lowest BCUT2D eigenvalue weighted by molar-refractivity contribution is 0.267. The molecule has 0 unspecified atom stereocenters. The van der Waals surface area contributed by atoms with E-state index in [2.05, 4.69) is 4.98 Å². The highest BCUT2D eigenvalue weighted by Crippen LogP contribution is 2.35. The molecule has 1 saturated carbocycles. The molecule has 0 radical (unpaired) electrons. The Morgan fingerprint density at radius 2 is 1.95 bits per heavy atom. The van der Waals surface area contributed by atoms with Gasteiger partial charge in [-0.3, -0.25) is 14.3 Å². The molecule has 5 heteroatoms. The van der Waals surface area contributed by atoms with E-state index in [1.54, 1.807) is 12.1 Å². The fourth-order valence-electron chi connectivity index (χ4n) is 2.62. The first-order valence-electron chi connectivity index (χ1n) is 6.73. The lowest BCUT2D eigenvalue weighted by atomic mass is 9.92. The summed E-state index contributed by atoms with van der Waals surface area (Å²) in [5, 5.41) is 10.4. The average molecular weight is 272 g/mol. The van der Waals surface area contributed by atoms with Gasteiger partial charge in [-0.15, -0.1) is 0 Å². The smallest absolute Gasteiger partial charge is 0.331 e. The van der Waals surface area contributed by atoms with Crippen molar-refractivity contribution in [3.63, 3.8) is 0 Å². The standard InChI is InChI=1S/C15H16N2O3/c1-9-5-2-3-8-11(9)12-13(18)16-15(20)17(14(12)19)10-6-4-7-10/h2-3,5,8,10,19H,4,6-7H2,1H3,(H,16,18,20). The summed E-state index contributed by atoms with van der Waals surface area (Å²) >= 11 is 0. The SMILES string of the molecule is Cc1ccccc1-c1c(O)n(C2CCC2)c(=O)[nH]c1=O. The summed E-state index contributed by atoms with van der Waals surface area (Å²) in [5.74, 6) is -0.224. The molecule has 20 heavy (non-hydrogen) atoms. The van der Waals surface area contributed by atoms with E-state index in [0.29, 0.717) is 5.56 Å². The molecule has 3 rings (SSSR count). The number of rotatable bonds is 2. The third-order valence-electron chi connectivity index (χ3n) is 3.97. The minimum atomic E-state index is -0.544. The van der Waals surface area contributed by atoms with Crippen LogP contribution in [0.25, 0.3) is 11.1 Å². The number of hydrogen-bond acceptors (Lipinski definition) is 3. The van der Waals surface area contributed by atoms with Crippen molar-refractivity contribution in [2.75, 3.05) is 0 Å². The third-order valence-corrected chi connectivity index (χ3v) is 3.97. The Bertz CT molecular complexity index is 769. The Labute approximate surface area is 115 Å². The van der Waals surface area contributed by atoms with Crippen LogP contribution in [0.1, 0.15) is 30.9 Å². The van der Waals surface area contributed by atoms with Gasteiger partial charge in [0.2, 0.25) is 5.88 Å². The number of benzene rings is 1. The van der Waals surface area contributed by atoms with E-state index in [4.69, 9.17) is 0 Å². The number of hydrogen-bond donors (Lipinski definition) is 2. The molecule has 1 aromatic heterocycles. The molecule has 0 saturated heterocycles. The fraction of sp³-hybridized carbons (Fsp3) is 0.333. The molecule has 1 aliphatic carbocycles. The van der Waals surface area contributed by atoms with E-state index in [-0.39, 0.29) is 17.5 Å². The van der Waals surface area contributed by atoms with Crippen LogP contribution in [-0.4, -0.2) is 14.7 Å². The zero-order chi connectivity index (χ0) is 14.3. The lowest BCUT2D eigenvalue weighted by Crippen LogP contribution is -2.35. The molecule has 0 atom stereocenters. The van der Waals surface area contributed by atoms with Gasteiger partial charge in [-0.1, -0.05) is 24.3 Å². The Balaban J connectivity index is 2.29. The van der Waals surface area contributed by atoms with E-state index in [1.807, 2.05) is 19.1 Å². The molecule has 2 N–H and O–H groups in total. The van der Waals surface area contributed by atoms with Gasteiger partial charge in [-0.2, -0.15) is 0 Å². The van der Waals surface area contributed by atoms with Crippen molar-refractivity contribution >= 4 is 0 Å². The van der Waals surface area contributed by atoms with Crippen LogP contribution in [0.4, 0.5) is 0 Å². The summed E-state index contributed by atoms with van der Waals surface area (Å²) in [4.78, 5) is 26.3. The molecule has 5 nitrogen and oxygen atoms in total. The second-order valence-corrected chi connectivity index (χ2v) is 5.23. The topological polar surface area (TPSA) is 75.1 Å². The first-order valence-corrected chi connectivity index (χ1v) is 6.73. The summed E-state index contributed by atoms with van der Waals surface area (Å²) in [5.41, 5.74) is 0.632. The first-order chi connectivity index (χ1) is 9.59. The van der Waals surface area contributed by atoms with E-state index in [9.17, 15) is 14.7 Å². The predicted octanol–water partition coefficient (Wildman–Crippen LogP) is 1.94. The summed E-state index contributed by atoms with van der Waals surface area (Å²) < 4.78 is 1.31. The van der Waals surface area contributed by atoms with Crippen molar-refractivity contribution in [3.05, 3.63) is 50.7 Å². The van der Waals surface area contributed by atoms with Gasteiger partial charge in [0.15, 0.2) is 0 Å². The molecule has 104 valence electrons. The molecular weight excluding hydrogens is 256 g/mol. The van der Waals surface area contributed by atoms with Gasteiger partial charge >= 0.3 is 5.69 Å². The molecule has 0 aliphatic heterocycles. The van der Waals surface area contributed by atoms with Gasteiger partial charge < -0.3 is 5.11 Å². The third kappa shape index (κ3) is 1.86. The van der Waals surface area contributed by atoms with Gasteiger partial charge in [-0.25, -0.2) is 4.79 Å². The minimum Gasteiger partial charge on any atom is -0.494 e. The van der Waals surface area contributed by atoms with Crippen LogP contribution in [0.15, 0.2) is 33.9 Å². The quantitative estimate of drug-likeness (QED) is 0.877. The van der Waals surface area contributed by atoms with Crippen LogP contribution in [0.3, 0.4) is 0 Å². The highest BCUT2D eigenvalue weighted by atomic mass is 16.3. The summed E-state index contributed by atoms with van der Waals surface area (Å²) in [6, 6.07) is 7.30. The van der Waals surface area contributed by atoms with Crippen LogP contribution < -0.4 is 11.2 Å². The summed E-state index contributed by atoms with van der Waals surface area (Å²) in [7, 11) is 0. The Morgan fingerprint density at radius 1 is 1.25 bits per heavy atom. The molecule has 1 aliphatic rings. The molecule has 1 heterocycles. The number of aryl methyl sites for hydroxylation is 1. The molecule has 0 amide bonds. The Hall–Kier alpha value is -2.30. The maximum absolute atomic E-state index is 12.1. The minimum absolute atomic E-state index is 0.0119. The van der Waals surface area contributed by atoms with Gasteiger partial charge in [-0.05, 0) is 37.3 Å². The predicted molar refractivity (Wildman–Crippen MR) is 76.0 cm³/mol. The summed E-state index contributed by atoms with van der Waals surface area (Å²) in [6.07, 6.45) is 2.74. The van der Waals surface area contributed by atoms with Crippen LogP contribution in [0.5, 0.6) is 5.88 Å². The number of aromatic amines is 1. The van der Waals surface area contributed by atoms with Crippen molar-refractivity contribution in [2.45, 2.75) is 32.2 Å². The van der Waals surface area contributed by atoms with Crippen molar-refractivity contribution < 1.29 is 5.11 Å². The van der Waals surface area contributed by atoms with E-state index in [1.165, 1.54) is 4.57 Å². The van der Waals surface area contributed by atoms with Crippen LogP contribution >= 0.6 is 0 Å². The molecule has 1 aromatic carbocycles. The highest BCUT2D eigenvalue weighted by molar-refractivity contribution is 5.70. The largest absolute Gasteiger partial charge is 0.494 e. The number of nitrogens with one attached hydrogen (secondary N) is 1. The number of aromatic hydroxyl groups is 1. The van der Waals surface area contributed by atoms with Gasteiger partial charge in [0.05, 0.1) is 0 Å². The number of nitrogens with zero attached hydrogens (tertiary/aromatic N) is 1. The first kappa shape index (κ1) is 12.7. The Kier molecular flexibility index (Phi) is 2.97. The van der Waals surface area contributed by atoms with Crippen molar-refractivity contribution in [1.29, 1.82) is 0 Å². The van der Waals surface area contributed by atoms with Crippen LogP contribution in [0, 0.1) is 6.92 Å². The maximum atomic E-state index is 12.1. The van der Waals surface area contributed by atoms with Crippen molar-refractivity contribution in [2.24, 2.45) is 0 Å². The lowest BCUT2D eigenvalue weighted by Gasteiger charge is -2.28. The second kappa shape index (κ2) is 4.67. The zero-order valence-corrected chi connectivity index (χ0v) is 11.2. The molecular formula is C15H16N2O3. The van der Waals surface area contributed by atoms with Crippen molar-refractivity contribution in [3.8, 4) is 17.0 Å². The maximum Gasteiger partial charge on any atom is 0.331 e. The molecule has 0 bridgehead atoms. The van der Waals surface area contributed by atoms with E-state index >= 15 is 0 Å². The molecule has 2 aromatic rings. The number of H-pyrrole nitrogens is 1. The fourth-order valence-corrected chi connectivity index (χ4v) is 2.62. The molecule has 1 fully saturated rings. The normalized spacial score (nSPS) is 15.1. The Morgan fingerprint density at radius 3 is 2.55 bits per heavy atom. The van der Waals surface area contributed by atoms with Crippen LogP contribution in [-0.2, 0) is 0 Å².